The van der Waals surface area contributed by atoms with Crippen LogP contribution < -0.4 is 11.1 Å². The molecule has 2 rings (SSSR count). The molecular weight excluding hydrogens is 228 g/mol. The van der Waals surface area contributed by atoms with Gasteiger partial charge in [-0.05, 0) is 17.7 Å². The number of hydrogen-bond donors (Lipinski definition) is 2. The SMILES string of the molecule is NC(=O)c1cccc(CNCCn2ccnc2)c1. The van der Waals surface area contributed by atoms with Gasteiger partial charge in [0.15, 0.2) is 0 Å². The van der Waals surface area contributed by atoms with Crippen LogP contribution in [-0.4, -0.2) is 22.0 Å². The predicted octanol–water partition coefficient (Wildman–Crippen LogP) is 0.772. The molecule has 1 aromatic heterocycles. The first-order chi connectivity index (χ1) is 8.75. The highest BCUT2D eigenvalue weighted by atomic mass is 16.1. The Morgan fingerprint density at radius 3 is 3.06 bits per heavy atom. The van der Waals surface area contributed by atoms with Crippen molar-refractivity contribution in [3.63, 3.8) is 0 Å². The minimum Gasteiger partial charge on any atom is -0.366 e. The first-order valence-corrected chi connectivity index (χ1v) is 5.81. The average molecular weight is 244 g/mol. The fourth-order valence-corrected chi connectivity index (χ4v) is 1.69. The molecule has 0 unspecified atom stereocenters. The second-order valence-corrected chi connectivity index (χ2v) is 4.04. The molecule has 0 radical (unpaired) electrons. The fourth-order valence-electron chi connectivity index (χ4n) is 1.69. The second-order valence-electron chi connectivity index (χ2n) is 4.04. The standard InChI is InChI=1S/C13H16N4O/c14-13(18)12-3-1-2-11(8-12)9-15-4-6-17-7-5-16-10-17/h1-3,5,7-8,10,15H,4,6,9H2,(H2,14,18). The lowest BCUT2D eigenvalue weighted by atomic mass is 10.1. The molecule has 1 amide bonds. The van der Waals surface area contributed by atoms with E-state index in [-0.39, 0.29) is 0 Å². The molecule has 0 aliphatic carbocycles. The van der Waals surface area contributed by atoms with Crippen molar-refractivity contribution in [1.82, 2.24) is 14.9 Å². The molecule has 0 saturated carbocycles. The van der Waals surface area contributed by atoms with E-state index in [9.17, 15) is 4.79 Å². The summed E-state index contributed by atoms with van der Waals surface area (Å²) in [5.74, 6) is -0.393. The van der Waals surface area contributed by atoms with Gasteiger partial charge in [-0.1, -0.05) is 12.1 Å². The minimum atomic E-state index is -0.393. The molecule has 1 aromatic carbocycles. The number of carbonyl (C=O) groups excluding carboxylic acids is 1. The van der Waals surface area contributed by atoms with E-state index >= 15 is 0 Å². The molecule has 0 aliphatic rings. The van der Waals surface area contributed by atoms with Gasteiger partial charge < -0.3 is 15.6 Å². The molecule has 5 heteroatoms. The molecule has 0 fully saturated rings. The van der Waals surface area contributed by atoms with Gasteiger partial charge >= 0.3 is 0 Å². The van der Waals surface area contributed by atoms with Gasteiger partial charge in [-0.3, -0.25) is 4.79 Å². The van der Waals surface area contributed by atoms with Crippen LogP contribution in [-0.2, 0) is 13.1 Å². The minimum absolute atomic E-state index is 0.393. The van der Waals surface area contributed by atoms with Gasteiger partial charge in [0.1, 0.15) is 0 Å². The molecule has 2 aromatic rings. The Kier molecular flexibility index (Phi) is 4.09. The summed E-state index contributed by atoms with van der Waals surface area (Å²) >= 11 is 0. The highest BCUT2D eigenvalue weighted by Crippen LogP contribution is 2.04. The summed E-state index contributed by atoms with van der Waals surface area (Å²) in [4.78, 5) is 15.0. The summed E-state index contributed by atoms with van der Waals surface area (Å²) in [5, 5.41) is 3.31. The number of aromatic nitrogens is 2. The lowest BCUT2D eigenvalue weighted by Gasteiger charge is -2.06. The maximum absolute atomic E-state index is 11.0. The van der Waals surface area contributed by atoms with Gasteiger partial charge in [-0.2, -0.15) is 0 Å². The van der Waals surface area contributed by atoms with Gasteiger partial charge in [0.25, 0.3) is 0 Å². The Labute approximate surface area is 106 Å². The molecule has 3 N–H and O–H groups in total. The summed E-state index contributed by atoms with van der Waals surface area (Å²) in [6.07, 6.45) is 5.47. The van der Waals surface area contributed by atoms with Crippen LogP contribution in [0.5, 0.6) is 0 Å². The third-order valence-corrected chi connectivity index (χ3v) is 2.65. The Bertz CT molecular complexity index is 507. The predicted molar refractivity (Wildman–Crippen MR) is 68.9 cm³/mol. The largest absolute Gasteiger partial charge is 0.366 e. The Morgan fingerprint density at radius 1 is 1.44 bits per heavy atom. The molecule has 0 aliphatic heterocycles. The van der Waals surface area contributed by atoms with Crippen LogP contribution in [0.1, 0.15) is 15.9 Å². The van der Waals surface area contributed by atoms with Crippen LogP contribution in [0.15, 0.2) is 43.0 Å². The second kappa shape index (κ2) is 5.97. The summed E-state index contributed by atoms with van der Waals surface area (Å²) in [7, 11) is 0. The van der Waals surface area contributed by atoms with Crippen molar-refractivity contribution in [2.45, 2.75) is 13.1 Å². The molecule has 94 valence electrons. The number of amides is 1. The topological polar surface area (TPSA) is 72.9 Å². The maximum Gasteiger partial charge on any atom is 0.248 e. The Hall–Kier alpha value is -2.14. The number of imidazole rings is 1. The third kappa shape index (κ3) is 3.43. The Morgan fingerprint density at radius 2 is 2.33 bits per heavy atom. The zero-order valence-corrected chi connectivity index (χ0v) is 10.0. The maximum atomic E-state index is 11.0. The lowest BCUT2D eigenvalue weighted by molar-refractivity contribution is 0.1000. The van der Waals surface area contributed by atoms with Crippen molar-refractivity contribution in [2.75, 3.05) is 6.54 Å². The van der Waals surface area contributed by atoms with Crippen molar-refractivity contribution in [3.05, 3.63) is 54.1 Å². The zero-order chi connectivity index (χ0) is 12.8. The number of rotatable bonds is 6. The van der Waals surface area contributed by atoms with Crippen LogP contribution in [0.3, 0.4) is 0 Å². The summed E-state index contributed by atoms with van der Waals surface area (Å²) in [5.41, 5.74) is 6.83. The average Bonchev–Trinajstić information content (AvgIpc) is 2.88. The molecule has 0 saturated heterocycles. The van der Waals surface area contributed by atoms with Gasteiger partial charge in [-0.25, -0.2) is 4.98 Å². The van der Waals surface area contributed by atoms with Crippen LogP contribution >= 0.6 is 0 Å². The number of benzene rings is 1. The number of carbonyl (C=O) groups is 1. The third-order valence-electron chi connectivity index (χ3n) is 2.65. The Balaban J connectivity index is 1.79. The van der Waals surface area contributed by atoms with Crippen LogP contribution in [0.2, 0.25) is 0 Å². The van der Waals surface area contributed by atoms with E-state index in [1.54, 1.807) is 18.6 Å². The van der Waals surface area contributed by atoms with Crippen LogP contribution in [0.4, 0.5) is 0 Å². The summed E-state index contributed by atoms with van der Waals surface area (Å²) in [6, 6.07) is 7.34. The first kappa shape index (κ1) is 12.3. The van der Waals surface area contributed by atoms with E-state index in [1.807, 2.05) is 29.0 Å². The normalized spacial score (nSPS) is 10.4. The van der Waals surface area contributed by atoms with E-state index in [1.165, 1.54) is 0 Å². The van der Waals surface area contributed by atoms with Crippen LogP contribution in [0, 0.1) is 0 Å². The molecule has 18 heavy (non-hydrogen) atoms. The lowest BCUT2D eigenvalue weighted by Crippen LogP contribution is -2.19. The van der Waals surface area contributed by atoms with Gasteiger partial charge in [0, 0.05) is 37.6 Å². The van der Waals surface area contributed by atoms with Crippen molar-refractivity contribution in [3.8, 4) is 0 Å². The van der Waals surface area contributed by atoms with E-state index in [0.29, 0.717) is 5.56 Å². The zero-order valence-electron chi connectivity index (χ0n) is 10.0. The highest BCUT2D eigenvalue weighted by Gasteiger charge is 2.00. The van der Waals surface area contributed by atoms with Crippen molar-refractivity contribution in [1.29, 1.82) is 0 Å². The highest BCUT2D eigenvalue weighted by molar-refractivity contribution is 5.92. The van der Waals surface area contributed by atoms with E-state index in [4.69, 9.17) is 5.73 Å². The number of nitrogens with two attached hydrogens (primary N) is 1. The van der Waals surface area contributed by atoms with Crippen molar-refractivity contribution < 1.29 is 4.79 Å². The van der Waals surface area contributed by atoms with Gasteiger partial charge in [-0.15, -0.1) is 0 Å². The summed E-state index contributed by atoms with van der Waals surface area (Å²) < 4.78 is 2.01. The van der Waals surface area contributed by atoms with E-state index in [0.717, 1.165) is 25.2 Å². The van der Waals surface area contributed by atoms with E-state index in [2.05, 4.69) is 10.3 Å². The number of nitrogens with one attached hydrogen (secondary N) is 1. The first-order valence-electron chi connectivity index (χ1n) is 5.81. The molecule has 0 atom stereocenters. The fraction of sp³-hybridized carbons (Fsp3) is 0.231. The number of hydrogen-bond acceptors (Lipinski definition) is 3. The number of nitrogens with zero attached hydrogens (tertiary/aromatic N) is 2. The van der Waals surface area contributed by atoms with Gasteiger partial charge in [0.05, 0.1) is 6.33 Å². The molecule has 0 bridgehead atoms. The monoisotopic (exact) mass is 244 g/mol. The smallest absolute Gasteiger partial charge is 0.248 e. The quantitative estimate of drug-likeness (QED) is 0.737. The van der Waals surface area contributed by atoms with Crippen molar-refractivity contribution in [2.24, 2.45) is 5.73 Å². The molecule has 5 nitrogen and oxygen atoms in total. The van der Waals surface area contributed by atoms with Crippen LogP contribution in [0.25, 0.3) is 0 Å². The number of primary amides is 1. The molecule has 0 spiro atoms. The van der Waals surface area contributed by atoms with E-state index < -0.39 is 5.91 Å². The van der Waals surface area contributed by atoms with Crippen molar-refractivity contribution >= 4 is 5.91 Å². The molecular formula is C13H16N4O. The van der Waals surface area contributed by atoms with Gasteiger partial charge in [0.2, 0.25) is 5.91 Å². The molecule has 1 heterocycles. The summed E-state index contributed by atoms with van der Waals surface area (Å²) in [6.45, 7) is 2.43.